The second-order valence-corrected chi connectivity index (χ2v) is 11.2. The van der Waals surface area contributed by atoms with Crippen molar-refractivity contribution in [3.05, 3.63) is 72.3 Å². The van der Waals surface area contributed by atoms with Crippen molar-refractivity contribution in [2.75, 3.05) is 4.90 Å². The normalized spacial score (nSPS) is 36.2. The molecule has 2 aromatic rings. The van der Waals surface area contributed by atoms with E-state index in [2.05, 4.69) is 61.0 Å². The zero-order valence-corrected chi connectivity index (χ0v) is 20.0. The van der Waals surface area contributed by atoms with Gasteiger partial charge in [-0.2, -0.15) is 0 Å². The van der Waals surface area contributed by atoms with Crippen molar-refractivity contribution in [3.8, 4) is 0 Å². The monoisotopic (exact) mass is 479 g/mol. The van der Waals surface area contributed by atoms with Gasteiger partial charge < -0.3 is 4.74 Å². The van der Waals surface area contributed by atoms with Crippen LogP contribution in [0.2, 0.25) is 0 Å². The molecule has 31 heavy (non-hydrogen) atoms. The molecule has 2 saturated carbocycles. The molecule has 162 valence electrons. The summed E-state index contributed by atoms with van der Waals surface area (Å²) in [4.78, 5) is 15.4. The van der Waals surface area contributed by atoms with E-state index >= 15 is 0 Å². The van der Waals surface area contributed by atoms with Crippen molar-refractivity contribution < 1.29 is 9.53 Å². The highest BCUT2D eigenvalue weighted by molar-refractivity contribution is 9.09. The molecule has 1 aliphatic heterocycles. The molecule has 1 unspecified atom stereocenters. The fourth-order valence-corrected chi connectivity index (χ4v) is 6.33. The Labute approximate surface area is 193 Å². The molecule has 5 rings (SSSR count). The molecule has 2 aliphatic carbocycles. The van der Waals surface area contributed by atoms with Gasteiger partial charge in [-0.15, -0.1) is 0 Å². The van der Waals surface area contributed by atoms with Crippen LogP contribution in [0, 0.1) is 17.3 Å². The first-order valence-electron chi connectivity index (χ1n) is 11.2. The van der Waals surface area contributed by atoms with Crippen molar-refractivity contribution >= 4 is 33.6 Å². The largest absolute Gasteiger partial charge is 0.358 e. The molecule has 3 nitrogen and oxygen atoms in total. The molecular weight excluding hydrogens is 450 g/mol. The van der Waals surface area contributed by atoms with Gasteiger partial charge in [-0.05, 0) is 54.7 Å². The van der Waals surface area contributed by atoms with Crippen molar-refractivity contribution in [2.24, 2.45) is 17.3 Å². The molecule has 0 aromatic heterocycles. The molecule has 6 atom stereocenters. The molecule has 1 amide bonds. The second kappa shape index (κ2) is 7.60. The number of carbonyl (C=O) groups excluding carboxylic acids is 1. The Bertz CT molecular complexity index is 989. The number of para-hydroxylation sites is 1. The van der Waals surface area contributed by atoms with E-state index in [4.69, 9.17) is 4.74 Å². The summed E-state index contributed by atoms with van der Waals surface area (Å²) >= 11 is 3.92. The van der Waals surface area contributed by atoms with Crippen LogP contribution < -0.4 is 4.90 Å². The number of amides is 1. The Hall–Kier alpha value is -1.91. The Kier molecular flexibility index (Phi) is 5.14. The minimum atomic E-state index is -0.455. The molecule has 0 radical (unpaired) electrons. The number of rotatable bonds is 5. The average Bonchev–Trinajstić information content (AvgIpc) is 3.28. The number of anilines is 1. The van der Waals surface area contributed by atoms with Crippen LogP contribution in [0.25, 0.3) is 6.08 Å². The maximum absolute atomic E-state index is 13.3. The lowest BCUT2D eigenvalue weighted by Gasteiger charge is -2.50. The molecular formula is C27H30BrNO2. The summed E-state index contributed by atoms with van der Waals surface area (Å²) in [6, 6.07) is 20.0. The van der Waals surface area contributed by atoms with Gasteiger partial charge in [-0.3, -0.25) is 9.69 Å². The minimum Gasteiger partial charge on any atom is -0.358 e. The SMILES string of the molecule is CC1(C)[C@@H]2C[C@@H](Br)[C@](C)(O[C@@H]3C(=O)N(c4ccccc4)C3/C=C/c3ccccc3)C[C@@H]21. The number of alkyl halides is 1. The van der Waals surface area contributed by atoms with E-state index in [9.17, 15) is 4.79 Å². The number of fused-ring (bicyclic) bond motifs is 1. The summed E-state index contributed by atoms with van der Waals surface area (Å²) in [5.74, 6) is 1.50. The third-order valence-corrected chi connectivity index (χ3v) is 9.18. The zero-order chi connectivity index (χ0) is 21.8. The van der Waals surface area contributed by atoms with Crippen LogP contribution >= 0.6 is 15.9 Å². The van der Waals surface area contributed by atoms with Gasteiger partial charge in [0.25, 0.3) is 5.91 Å². The third kappa shape index (κ3) is 3.58. The van der Waals surface area contributed by atoms with Gasteiger partial charge in [0.05, 0.1) is 11.6 Å². The first-order valence-corrected chi connectivity index (χ1v) is 12.2. The Morgan fingerprint density at radius 2 is 1.65 bits per heavy atom. The molecule has 0 bridgehead atoms. The van der Waals surface area contributed by atoms with Crippen LogP contribution in [0.1, 0.15) is 39.2 Å². The fourth-order valence-electron chi connectivity index (χ4n) is 5.63. The van der Waals surface area contributed by atoms with Gasteiger partial charge in [-0.25, -0.2) is 0 Å². The van der Waals surface area contributed by atoms with Crippen LogP contribution in [-0.4, -0.2) is 28.5 Å². The Balaban J connectivity index is 1.40. The van der Waals surface area contributed by atoms with Crippen molar-refractivity contribution in [3.63, 3.8) is 0 Å². The first kappa shape index (κ1) is 21.0. The molecule has 1 saturated heterocycles. The number of halogens is 1. The van der Waals surface area contributed by atoms with E-state index in [1.165, 1.54) is 0 Å². The molecule has 3 fully saturated rings. The number of β-lactam (4-membered cyclic amide) rings is 1. The van der Waals surface area contributed by atoms with Crippen molar-refractivity contribution in [1.29, 1.82) is 0 Å². The maximum Gasteiger partial charge on any atom is 0.259 e. The quantitative estimate of drug-likeness (QED) is 0.383. The lowest BCUT2D eigenvalue weighted by molar-refractivity contribution is -0.160. The van der Waals surface area contributed by atoms with E-state index in [0.717, 1.165) is 30.0 Å². The number of hydrogen-bond acceptors (Lipinski definition) is 2. The van der Waals surface area contributed by atoms with E-state index < -0.39 is 6.10 Å². The molecule has 4 heteroatoms. The van der Waals surface area contributed by atoms with Crippen LogP contribution in [0.15, 0.2) is 66.7 Å². The number of benzene rings is 2. The number of carbonyl (C=O) groups is 1. The van der Waals surface area contributed by atoms with Crippen molar-refractivity contribution in [1.82, 2.24) is 0 Å². The summed E-state index contributed by atoms with van der Waals surface area (Å²) < 4.78 is 6.69. The standard InChI is InChI=1S/C27H30BrNO2/c1-26(2)20-16-23(28)27(3,17-21(20)26)31-24-22(15-14-18-10-6-4-7-11-18)29(25(24)30)19-12-8-5-9-13-19/h4-15,20-24H,16-17H2,1-3H3/b15-14+/t20-,21+,22?,23-,24+,27-/m1/s1. The van der Waals surface area contributed by atoms with Crippen LogP contribution in [0.5, 0.6) is 0 Å². The molecule has 0 N–H and O–H groups in total. The smallest absolute Gasteiger partial charge is 0.259 e. The van der Waals surface area contributed by atoms with Gasteiger partial charge in [0.2, 0.25) is 0 Å². The second-order valence-electron chi connectivity index (χ2n) is 10.1. The van der Waals surface area contributed by atoms with E-state index in [-0.39, 0.29) is 22.4 Å². The topological polar surface area (TPSA) is 29.5 Å². The molecule has 3 aliphatic rings. The zero-order valence-electron chi connectivity index (χ0n) is 18.4. The summed E-state index contributed by atoms with van der Waals surface area (Å²) in [6.45, 7) is 6.92. The van der Waals surface area contributed by atoms with E-state index in [1.807, 2.05) is 53.4 Å². The van der Waals surface area contributed by atoms with E-state index in [1.54, 1.807) is 0 Å². The number of nitrogens with zero attached hydrogens (tertiary/aromatic N) is 1. The molecule has 2 aromatic carbocycles. The van der Waals surface area contributed by atoms with Gasteiger partial charge >= 0.3 is 0 Å². The average molecular weight is 480 g/mol. The Morgan fingerprint density at radius 1 is 1.00 bits per heavy atom. The first-order chi connectivity index (χ1) is 14.8. The lowest BCUT2D eigenvalue weighted by Crippen LogP contribution is -2.68. The minimum absolute atomic E-state index is 0.0482. The number of ether oxygens (including phenoxy) is 1. The summed E-state index contributed by atoms with van der Waals surface area (Å²) in [5.41, 5.74) is 2.09. The molecule has 0 spiro atoms. The highest BCUT2D eigenvalue weighted by Crippen LogP contribution is 2.68. The summed E-state index contributed by atoms with van der Waals surface area (Å²) in [7, 11) is 0. The summed E-state index contributed by atoms with van der Waals surface area (Å²) in [6.07, 6.45) is 5.88. The van der Waals surface area contributed by atoms with Crippen LogP contribution in [-0.2, 0) is 9.53 Å². The van der Waals surface area contributed by atoms with Crippen molar-refractivity contribution in [2.45, 2.75) is 56.2 Å². The van der Waals surface area contributed by atoms with Gasteiger partial charge in [0, 0.05) is 10.5 Å². The highest BCUT2D eigenvalue weighted by atomic mass is 79.9. The Morgan fingerprint density at radius 3 is 2.32 bits per heavy atom. The third-order valence-electron chi connectivity index (χ3n) is 7.84. The fraction of sp³-hybridized carbons (Fsp3) is 0.444. The summed E-state index contributed by atoms with van der Waals surface area (Å²) in [5, 5.41) is 0. The highest BCUT2D eigenvalue weighted by Gasteiger charge is 2.65. The van der Waals surface area contributed by atoms with Crippen LogP contribution in [0.4, 0.5) is 5.69 Å². The van der Waals surface area contributed by atoms with Gasteiger partial charge in [-0.1, -0.05) is 90.5 Å². The predicted molar refractivity (Wildman–Crippen MR) is 129 cm³/mol. The van der Waals surface area contributed by atoms with Gasteiger partial charge in [0.15, 0.2) is 6.10 Å². The number of hydrogen-bond donors (Lipinski definition) is 0. The van der Waals surface area contributed by atoms with E-state index in [0.29, 0.717) is 11.3 Å². The van der Waals surface area contributed by atoms with Crippen LogP contribution in [0.3, 0.4) is 0 Å². The van der Waals surface area contributed by atoms with Gasteiger partial charge in [0.1, 0.15) is 0 Å². The maximum atomic E-state index is 13.3. The predicted octanol–water partition coefficient (Wildman–Crippen LogP) is 6.09. The molecule has 1 heterocycles. The lowest BCUT2D eigenvalue weighted by atomic mass is 9.84.